The number of nitrogens with zero attached hydrogens (tertiary/aromatic N) is 2. The van der Waals surface area contributed by atoms with Crippen LogP contribution < -0.4 is 15.0 Å². The van der Waals surface area contributed by atoms with Crippen LogP contribution >= 0.6 is 0 Å². The number of nitrogens with one attached hydrogen (secondary N) is 1. The minimum Gasteiger partial charge on any atom is -0.497 e. The molecule has 2 rings (SSSR count). The minimum atomic E-state index is 0.782. The zero-order valence-corrected chi connectivity index (χ0v) is 12.3. The van der Waals surface area contributed by atoms with E-state index in [1.54, 1.807) is 7.11 Å². The van der Waals surface area contributed by atoms with Crippen LogP contribution in [-0.2, 0) is 13.1 Å². The minimum absolute atomic E-state index is 0.782. The smallest absolute Gasteiger partial charge is 0.128 e. The molecule has 0 amide bonds. The van der Waals surface area contributed by atoms with Gasteiger partial charge in [0.05, 0.1) is 12.8 Å². The summed E-state index contributed by atoms with van der Waals surface area (Å²) >= 11 is 0. The number of anilines is 1. The Bertz CT molecular complexity index is 540. The predicted molar refractivity (Wildman–Crippen MR) is 82.1 cm³/mol. The van der Waals surface area contributed by atoms with Gasteiger partial charge in [-0.15, -0.1) is 0 Å². The molecule has 0 spiro atoms. The average Bonchev–Trinajstić information content (AvgIpc) is 2.48. The zero-order valence-electron chi connectivity index (χ0n) is 12.3. The molecule has 1 aromatic heterocycles. The van der Waals surface area contributed by atoms with Crippen molar-refractivity contribution >= 4 is 5.82 Å². The first-order chi connectivity index (χ1) is 9.72. The third-order valence-electron chi connectivity index (χ3n) is 3.12. The van der Waals surface area contributed by atoms with E-state index in [2.05, 4.69) is 34.4 Å². The normalized spacial score (nSPS) is 10.3. The zero-order chi connectivity index (χ0) is 14.4. The van der Waals surface area contributed by atoms with E-state index in [1.165, 1.54) is 5.56 Å². The van der Waals surface area contributed by atoms with E-state index in [0.29, 0.717) is 0 Å². The Hall–Kier alpha value is -2.07. The van der Waals surface area contributed by atoms with Gasteiger partial charge in [-0.1, -0.05) is 18.2 Å². The van der Waals surface area contributed by atoms with Gasteiger partial charge >= 0.3 is 0 Å². The number of benzene rings is 1. The van der Waals surface area contributed by atoms with Crippen molar-refractivity contribution < 1.29 is 4.74 Å². The third kappa shape index (κ3) is 3.71. The molecule has 1 aromatic carbocycles. The fraction of sp³-hybridized carbons (Fsp3) is 0.312. The average molecular weight is 271 g/mol. The highest BCUT2D eigenvalue weighted by Gasteiger charge is 2.05. The third-order valence-corrected chi connectivity index (χ3v) is 3.12. The van der Waals surface area contributed by atoms with E-state index in [0.717, 1.165) is 30.4 Å². The van der Waals surface area contributed by atoms with Gasteiger partial charge in [-0.25, -0.2) is 4.98 Å². The molecule has 0 saturated carbocycles. The van der Waals surface area contributed by atoms with Crippen molar-refractivity contribution in [3.8, 4) is 5.75 Å². The highest BCUT2D eigenvalue weighted by atomic mass is 16.5. The molecule has 2 aromatic rings. The fourth-order valence-corrected chi connectivity index (χ4v) is 2.04. The predicted octanol–water partition coefficient (Wildman–Crippen LogP) is 2.45. The second kappa shape index (κ2) is 6.91. The summed E-state index contributed by atoms with van der Waals surface area (Å²) in [6.45, 7) is 1.60. The molecule has 0 unspecified atom stereocenters. The van der Waals surface area contributed by atoms with Crippen molar-refractivity contribution in [2.75, 3.05) is 26.1 Å². The summed E-state index contributed by atoms with van der Waals surface area (Å²) in [5.41, 5.74) is 2.28. The second-order valence-electron chi connectivity index (χ2n) is 4.72. The van der Waals surface area contributed by atoms with E-state index >= 15 is 0 Å². The van der Waals surface area contributed by atoms with Gasteiger partial charge in [0.25, 0.3) is 0 Å². The van der Waals surface area contributed by atoms with Crippen molar-refractivity contribution in [3.05, 3.63) is 53.7 Å². The lowest BCUT2D eigenvalue weighted by Crippen LogP contribution is -2.18. The molecule has 4 heteroatoms. The summed E-state index contributed by atoms with van der Waals surface area (Å²) in [6.07, 6.45) is 0. The van der Waals surface area contributed by atoms with Crippen LogP contribution in [0.25, 0.3) is 0 Å². The monoisotopic (exact) mass is 271 g/mol. The molecule has 0 atom stereocenters. The molecular formula is C16H21N3O. The van der Waals surface area contributed by atoms with Crippen LogP contribution in [0.1, 0.15) is 11.3 Å². The number of hydrogen-bond acceptors (Lipinski definition) is 4. The van der Waals surface area contributed by atoms with E-state index in [-0.39, 0.29) is 0 Å². The largest absolute Gasteiger partial charge is 0.497 e. The maximum Gasteiger partial charge on any atom is 0.128 e. The maximum absolute atomic E-state index is 5.17. The summed E-state index contributed by atoms with van der Waals surface area (Å²) in [7, 11) is 5.66. The van der Waals surface area contributed by atoms with Crippen LogP contribution in [0.4, 0.5) is 5.82 Å². The first-order valence-corrected chi connectivity index (χ1v) is 6.67. The van der Waals surface area contributed by atoms with Crippen LogP contribution in [0.5, 0.6) is 5.75 Å². The Morgan fingerprint density at radius 3 is 2.55 bits per heavy atom. The standard InChI is InChI=1S/C16H21N3O/c1-17-11-14-5-4-6-16(18-14)19(2)12-13-7-9-15(20-3)10-8-13/h4-10,17H,11-12H2,1-3H3. The number of ether oxygens (including phenoxy) is 1. The van der Waals surface area contributed by atoms with Crippen molar-refractivity contribution in [2.45, 2.75) is 13.1 Å². The van der Waals surface area contributed by atoms with Crippen molar-refractivity contribution in [3.63, 3.8) is 0 Å². The Labute approximate surface area is 120 Å². The molecule has 106 valence electrons. The van der Waals surface area contributed by atoms with Crippen LogP contribution in [0, 0.1) is 0 Å². The Morgan fingerprint density at radius 2 is 1.90 bits per heavy atom. The molecule has 1 N–H and O–H groups in total. The highest BCUT2D eigenvalue weighted by Crippen LogP contribution is 2.16. The summed E-state index contributed by atoms with van der Waals surface area (Å²) in [5, 5.41) is 3.12. The first kappa shape index (κ1) is 14.3. The van der Waals surface area contributed by atoms with E-state index < -0.39 is 0 Å². The van der Waals surface area contributed by atoms with Crippen LogP contribution in [0.3, 0.4) is 0 Å². The lowest BCUT2D eigenvalue weighted by Gasteiger charge is -2.19. The molecule has 0 aliphatic carbocycles. The Kier molecular flexibility index (Phi) is 4.96. The highest BCUT2D eigenvalue weighted by molar-refractivity contribution is 5.40. The first-order valence-electron chi connectivity index (χ1n) is 6.67. The number of hydrogen-bond donors (Lipinski definition) is 1. The molecule has 4 nitrogen and oxygen atoms in total. The van der Waals surface area contributed by atoms with Gasteiger partial charge in [-0.3, -0.25) is 0 Å². The molecule has 1 heterocycles. The molecule has 0 radical (unpaired) electrons. The summed E-state index contributed by atoms with van der Waals surface area (Å²) < 4.78 is 5.17. The lowest BCUT2D eigenvalue weighted by molar-refractivity contribution is 0.414. The van der Waals surface area contributed by atoms with Gasteiger partial charge in [0.2, 0.25) is 0 Å². The van der Waals surface area contributed by atoms with Gasteiger partial charge < -0.3 is 15.0 Å². The molecule has 0 saturated heterocycles. The van der Waals surface area contributed by atoms with Crippen LogP contribution in [-0.4, -0.2) is 26.2 Å². The SMILES string of the molecule is CNCc1cccc(N(C)Cc2ccc(OC)cc2)n1. The van der Waals surface area contributed by atoms with Gasteiger partial charge in [0, 0.05) is 20.1 Å². The van der Waals surface area contributed by atoms with E-state index in [1.807, 2.05) is 37.4 Å². The molecule has 0 fully saturated rings. The van der Waals surface area contributed by atoms with Gasteiger partial charge in [-0.2, -0.15) is 0 Å². The van der Waals surface area contributed by atoms with Crippen LogP contribution in [0.15, 0.2) is 42.5 Å². The summed E-state index contributed by atoms with van der Waals surface area (Å²) in [4.78, 5) is 6.77. The maximum atomic E-state index is 5.17. The van der Waals surface area contributed by atoms with Crippen LogP contribution in [0.2, 0.25) is 0 Å². The van der Waals surface area contributed by atoms with E-state index in [4.69, 9.17) is 4.74 Å². The number of methoxy groups -OCH3 is 1. The van der Waals surface area contributed by atoms with Crippen molar-refractivity contribution in [1.82, 2.24) is 10.3 Å². The Balaban J connectivity index is 2.06. The van der Waals surface area contributed by atoms with Crippen molar-refractivity contribution in [1.29, 1.82) is 0 Å². The second-order valence-corrected chi connectivity index (χ2v) is 4.72. The van der Waals surface area contributed by atoms with E-state index in [9.17, 15) is 0 Å². The summed E-state index contributed by atoms with van der Waals surface area (Å²) in [6, 6.07) is 14.2. The molecule has 0 aliphatic rings. The number of aromatic nitrogens is 1. The molecule has 0 aliphatic heterocycles. The fourth-order valence-electron chi connectivity index (χ4n) is 2.04. The topological polar surface area (TPSA) is 37.4 Å². The van der Waals surface area contributed by atoms with Crippen molar-refractivity contribution in [2.24, 2.45) is 0 Å². The quantitative estimate of drug-likeness (QED) is 0.875. The van der Waals surface area contributed by atoms with Gasteiger partial charge in [-0.05, 0) is 36.9 Å². The molecule has 0 bridgehead atoms. The van der Waals surface area contributed by atoms with Gasteiger partial charge in [0.1, 0.15) is 11.6 Å². The van der Waals surface area contributed by atoms with Gasteiger partial charge in [0.15, 0.2) is 0 Å². The molecule has 20 heavy (non-hydrogen) atoms. The lowest BCUT2D eigenvalue weighted by atomic mass is 10.2. The number of pyridine rings is 1. The molecular weight excluding hydrogens is 250 g/mol. The Morgan fingerprint density at radius 1 is 1.15 bits per heavy atom. The number of rotatable bonds is 6. The summed E-state index contributed by atoms with van der Waals surface area (Å²) in [5.74, 6) is 1.86.